The van der Waals surface area contributed by atoms with Gasteiger partial charge in [0.25, 0.3) is 5.91 Å². The van der Waals surface area contributed by atoms with E-state index in [4.69, 9.17) is 9.47 Å². The van der Waals surface area contributed by atoms with Gasteiger partial charge in [-0.15, -0.1) is 0 Å². The molecule has 10 nitrogen and oxygen atoms in total. The number of ether oxygens (including phenoxy) is 2. The Morgan fingerprint density at radius 2 is 1.69 bits per heavy atom. The molecule has 1 heterocycles. The van der Waals surface area contributed by atoms with Gasteiger partial charge in [0.2, 0.25) is 5.91 Å². The molecule has 1 aliphatic heterocycles. The molecule has 0 aromatic heterocycles. The lowest BCUT2D eigenvalue weighted by Gasteiger charge is -2.35. The van der Waals surface area contributed by atoms with Gasteiger partial charge in [0, 0.05) is 44.0 Å². The van der Waals surface area contributed by atoms with Gasteiger partial charge in [-0.05, 0) is 81.1 Å². The fourth-order valence-electron chi connectivity index (χ4n) is 5.76. The molecule has 0 aliphatic carbocycles. The number of halogens is 3. The molecule has 3 N–H and O–H groups in total. The topological polar surface area (TPSA) is 120 Å². The van der Waals surface area contributed by atoms with Crippen LogP contribution in [0.3, 0.4) is 0 Å². The van der Waals surface area contributed by atoms with E-state index in [1.54, 1.807) is 32.2 Å². The fourth-order valence-corrected chi connectivity index (χ4v) is 5.76. The molecule has 0 unspecified atom stereocenters. The van der Waals surface area contributed by atoms with Crippen molar-refractivity contribution in [3.8, 4) is 5.75 Å². The number of hydrogen-bond acceptors (Lipinski definition) is 6. The minimum Gasteiger partial charge on any atom is -0.490 e. The summed E-state index contributed by atoms with van der Waals surface area (Å²) in [6.07, 6.45) is -2.94. The maximum absolute atomic E-state index is 14.4. The van der Waals surface area contributed by atoms with Crippen LogP contribution in [0, 0.1) is 5.92 Å². The average molecular weight is 713 g/mol. The molecule has 276 valence electrons. The Bertz CT molecular complexity index is 1610. The molecule has 51 heavy (non-hydrogen) atoms. The summed E-state index contributed by atoms with van der Waals surface area (Å²) in [6.45, 7) is 5.88. The van der Waals surface area contributed by atoms with Gasteiger partial charge in [0.1, 0.15) is 5.75 Å². The minimum absolute atomic E-state index is 0.122. The van der Waals surface area contributed by atoms with E-state index in [1.165, 1.54) is 21.9 Å². The van der Waals surface area contributed by atoms with Crippen LogP contribution in [0.25, 0.3) is 0 Å². The van der Waals surface area contributed by atoms with Crippen LogP contribution in [0.2, 0.25) is 0 Å². The summed E-state index contributed by atoms with van der Waals surface area (Å²) < 4.78 is 51.5. The summed E-state index contributed by atoms with van der Waals surface area (Å²) in [7, 11) is 1.56. The summed E-state index contributed by atoms with van der Waals surface area (Å²) in [5, 5.41) is 15.7. The Labute approximate surface area is 296 Å². The van der Waals surface area contributed by atoms with E-state index in [9.17, 15) is 32.7 Å². The zero-order valence-corrected chi connectivity index (χ0v) is 29.4. The van der Waals surface area contributed by atoms with Crippen LogP contribution in [0.1, 0.15) is 61.5 Å². The van der Waals surface area contributed by atoms with Crippen molar-refractivity contribution in [2.75, 3.05) is 44.0 Å². The van der Waals surface area contributed by atoms with Crippen molar-refractivity contribution in [1.82, 2.24) is 9.80 Å². The first-order valence-corrected chi connectivity index (χ1v) is 17.1. The second-order valence-corrected chi connectivity index (χ2v) is 13.1. The number of nitrogens with one attached hydrogen (secondary N) is 2. The number of benzene rings is 3. The van der Waals surface area contributed by atoms with E-state index in [2.05, 4.69) is 10.6 Å². The molecule has 4 amide bonds. The Kier molecular flexibility index (Phi) is 13.9. The van der Waals surface area contributed by atoms with Gasteiger partial charge in [0.05, 0.1) is 42.4 Å². The van der Waals surface area contributed by atoms with Gasteiger partial charge in [-0.2, -0.15) is 13.2 Å². The largest absolute Gasteiger partial charge is 0.490 e. The number of hydrogen-bond donors (Lipinski definition) is 3. The van der Waals surface area contributed by atoms with Crippen molar-refractivity contribution in [1.29, 1.82) is 0 Å². The molecule has 4 rings (SSSR count). The number of urea groups is 1. The van der Waals surface area contributed by atoms with Crippen LogP contribution in [-0.4, -0.2) is 84.4 Å². The number of alkyl halides is 3. The number of aliphatic hydroxyl groups excluding tert-OH is 1. The lowest BCUT2D eigenvalue weighted by atomic mass is 10.0. The Balaban J connectivity index is 1.55. The number of amides is 4. The molecule has 0 bridgehead atoms. The monoisotopic (exact) mass is 712 g/mol. The van der Waals surface area contributed by atoms with Crippen molar-refractivity contribution in [2.24, 2.45) is 5.92 Å². The number of fused-ring (bicyclic) bond motifs is 1. The maximum Gasteiger partial charge on any atom is 0.416 e. The van der Waals surface area contributed by atoms with E-state index in [0.717, 1.165) is 24.1 Å². The highest BCUT2D eigenvalue weighted by molar-refractivity contribution is 6.00. The van der Waals surface area contributed by atoms with Gasteiger partial charge < -0.3 is 35.0 Å². The lowest BCUT2D eigenvalue weighted by molar-refractivity contribution is -0.137. The van der Waals surface area contributed by atoms with E-state index in [1.807, 2.05) is 44.2 Å². The molecule has 3 aromatic rings. The van der Waals surface area contributed by atoms with Crippen molar-refractivity contribution >= 4 is 29.2 Å². The third-order valence-corrected chi connectivity index (χ3v) is 8.81. The van der Waals surface area contributed by atoms with Gasteiger partial charge in [0.15, 0.2) is 0 Å². The van der Waals surface area contributed by atoms with Crippen molar-refractivity contribution < 1.29 is 42.1 Å². The molecular weight excluding hydrogens is 665 g/mol. The summed E-state index contributed by atoms with van der Waals surface area (Å²) >= 11 is 0. The molecule has 0 radical (unpaired) electrons. The Morgan fingerprint density at radius 1 is 1.00 bits per heavy atom. The summed E-state index contributed by atoms with van der Waals surface area (Å²) in [6, 6.07) is 17.3. The van der Waals surface area contributed by atoms with Crippen LogP contribution in [0.15, 0.2) is 72.8 Å². The first-order chi connectivity index (χ1) is 24.2. The minimum atomic E-state index is -4.49. The Morgan fingerprint density at radius 3 is 2.35 bits per heavy atom. The third kappa shape index (κ3) is 11.4. The second kappa shape index (κ2) is 18.0. The first-order valence-electron chi connectivity index (χ1n) is 17.1. The zero-order chi connectivity index (χ0) is 37.1. The molecule has 0 saturated carbocycles. The van der Waals surface area contributed by atoms with Crippen LogP contribution in [-0.2, 0) is 22.1 Å². The Hall–Kier alpha value is -4.62. The number of carbonyl (C=O) groups is 3. The number of likely N-dealkylation sites (N-methyl/N-ethyl adjacent to an activating group) is 1. The van der Waals surface area contributed by atoms with Gasteiger partial charge in [-0.25, -0.2) is 4.79 Å². The molecule has 0 fully saturated rings. The summed E-state index contributed by atoms with van der Waals surface area (Å²) in [5.41, 5.74) is 0.887. The molecule has 4 atom stereocenters. The van der Waals surface area contributed by atoms with Crippen molar-refractivity contribution in [3.63, 3.8) is 0 Å². The van der Waals surface area contributed by atoms with Crippen LogP contribution >= 0.6 is 0 Å². The number of carbonyl (C=O) groups excluding carboxylic acids is 3. The first kappa shape index (κ1) is 39.2. The van der Waals surface area contributed by atoms with Crippen LogP contribution < -0.4 is 15.4 Å². The van der Waals surface area contributed by atoms with Crippen LogP contribution in [0.5, 0.6) is 5.75 Å². The van der Waals surface area contributed by atoms with E-state index < -0.39 is 35.8 Å². The van der Waals surface area contributed by atoms with Gasteiger partial charge >= 0.3 is 12.2 Å². The predicted octanol–water partition coefficient (Wildman–Crippen LogP) is 6.85. The highest BCUT2D eigenvalue weighted by atomic mass is 19.4. The van der Waals surface area contributed by atoms with Crippen LogP contribution in [0.4, 0.5) is 29.3 Å². The number of aliphatic hydroxyl groups is 1. The van der Waals surface area contributed by atoms with E-state index in [0.29, 0.717) is 30.9 Å². The van der Waals surface area contributed by atoms with Gasteiger partial charge in [-0.1, -0.05) is 37.3 Å². The summed E-state index contributed by atoms with van der Waals surface area (Å²) in [4.78, 5) is 43.3. The number of anilines is 2. The molecule has 0 spiro atoms. The predicted molar refractivity (Wildman–Crippen MR) is 189 cm³/mol. The number of nitrogens with zero attached hydrogens (tertiary/aromatic N) is 2. The molecule has 1 aliphatic rings. The molecular formula is C38H47F3N4O6. The summed E-state index contributed by atoms with van der Waals surface area (Å²) in [5.74, 6) is -0.622. The zero-order valence-electron chi connectivity index (χ0n) is 29.4. The van der Waals surface area contributed by atoms with E-state index >= 15 is 0 Å². The second-order valence-electron chi connectivity index (χ2n) is 13.1. The fraction of sp³-hybridized carbons (Fsp3) is 0.447. The van der Waals surface area contributed by atoms with Gasteiger partial charge in [-0.3, -0.25) is 9.59 Å². The highest BCUT2D eigenvalue weighted by Gasteiger charge is 2.32. The highest BCUT2D eigenvalue weighted by Crippen LogP contribution is 2.31. The standard InChI is InChI=1S/C38H47F3N4O6/c1-25-22-45(26(2)24-46)36(48)32-21-31(42-35(47)20-28-11-6-5-7-12-28)17-18-33(32)51-27(3)10-8-9-19-50-34(25)23-44(4)37(49)43-30-15-13-29(14-16-30)38(39,40)41/h5-7,11-18,21,25-27,34,46H,8-10,19-20,22-24H2,1-4H3,(H,42,47)(H,43,49)/t25-,26+,27-,34+/m0/s1. The number of rotatable bonds is 8. The normalized spacial score (nSPS) is 19.6. The average Bonchev–Trinajstić information content (AvgIpc) is 3.09. The molecule has 0 saturated heterocycles. The van der Waals surface area contributed by atoms with Crippen molar-refractivity contribution in [2.45, 2.75) is 70.9 Å². The molecule has 13 heteroatoms. The molecule has 3 aromatic carbocycles. The maximum atomic E-state index is 14.4. The quantitative estimate of drug-likeness (QED) is 0.235. The lowest BCUT2D eigenvalue weighted by Crippen LogP contribution is -2.48. The third-order valence-electron chi connectivity index (χ3n) is 8.81. The SMILES string of the molecule is C[C@H](CO)N1C[C@H](C)[C@@H](CN(C)C(=O)Nc2ccc(C(F)(F)F)cc2)OCCCC[C@H](C)Oc2ccc(NC(=O)Cc3ccccc3)cc2C1=O. The smallest absolute Gasteiger partial charge is 0.416 e. The van der Waals surface area contributed by atoms with Crippen molar-refractivity contribution in [3.05, 3.63) is 89.5 Å². The van der Waals surface area contributed by atoms with E-state index in [-0.39, 0.29) is 55.3 Å².